The van der Waals surface area contributed by atoms with Gasteiger partial charge in [-0.1, -0.05) is 24.3 Å². The molecule has 2 heterocycles. The molecule has 1 aromatic heterocycles. The third kappa shape index (κ3) is 2.58. The average Bonchev–Trinajstić information content (AvgIpc) is 2.59. The first-order valence-corrected chi connectivity index (χ1v) is 8.55. The second-order valence-corrected chi connectivity index (χ2v) is 6.76. The smallest absolute Gasteiger partial charge is 0.449 e. The van der Waals surface area contributed by atoms with Gasteiger partial charge in [-0.2, -0.15) is 21.6 Å². The fourth-order valence-corrected chi connectivity index (χ4v) is 2.80. The Morgan fingerprint density at radius 2 is 1.46 bits per heavy atom. The van der Waals surface area contributed by atoms with Crippen molar-refractivity contribution in [2.24, 2.45) is 0 Å². The maximum Gasteiger partial charge on any atom is 0.534 e. The number of hydrogen-bond donors (Lipinski definition) is 0. The number of fused-ring (bicyclic) bond motifs is 4. The van der Waals surface area contributed by atoms with Gasteiger partial charge in [0.05, 0.1) is 5.52 Å². The van der Waals surface area contributed by atoms with E-state index >= 15 is 0 Å². The van der Waals surface area contributed by atoms with E-state index in [1.165, 1.54) is 12.1 Å². The fourth-order valence-electron chi connectivity index (χ4n) is 2.38. The molecule has 10 heteroatoms. The molecule has 0 unspecified atom stereocenters. The van der Waals surface area contributed by atoms with E-state index in [0.717, 1.165) is 0 Å². The zero-order valence-corrected chi connectivity index (χ0v) is 13.5. The average molecular weight is 383 g/mol. The number of hydrogen-bond acceptors (Lipinski definition) is 6. The summed E-state index contributed by atoms with van der Waals surface area (Å²) in [6.07, 6.45) is 0. The second-order valence-electron chi connectivity index (χ2n) is 5.23. The van der Waals surface area contributed by atoms with Crippen molar-refractivity contribution in [3.63, 3.8) is 0 Å². The minimum Gasteiger partial charge on any atom is -0.449 e. The molecule has 3 aromatic rings. The molecular weight excluding hydrogens is 375 g/mol. The summed E-state index contributed by atoms with van der Waals surface area (Å²) in [5.74, 6) is -0.685. The monoisotopic (exact) mass is 383 g/mol. The Balaban J connectivity index is 1.93. The third-order valence-electron chi connectivity index (χ3n) is 3.52. The molecule has 0 spiro atoms. The molecule has 1 aliphatic rings. The van der Waals surface area contributed by atoms with E-state index in [1.807, 2.05) is 0 Å². The number of halogens is 3. The Labute approximate surface area is 144 Å². The van der Waals surface area contributed by atoms with Crippen LogP contribution in [0.5, 0.6) is 28.9 Å². The van der Waals surface area contributed by atoms with Gasteiger partial charge < -0.3 is 13.7 Å². The highest BCUT2D eigenvalue weighted by Gasteiger charge is 2.49. The lowest BCUT2D eigenvalue weighted by molar-refractivity contribution is -0.0501. The minimum atomic E-state index is -5.93. The van der Waals surface area contributed by atoms with Crippen LogP contribution >= 0.6 is 0 Å². The van der Waals surface area contributed by atoms with Crippen molar-refractivity contribution in [1.29, 1.82) is 0 Å². The van der Waals surface area contributed by atoms with Crippen LogP contribution in [0.4, 0.5) is 13.2 Å². The summed E-state index contributed by atoms with van der Waals surface area (Å²) in [5, 5.41) is 0.425. The molecule has 1 aliphatic heterocycles. The van der Waals surface area contributed by atoms with Gasteiger partial charge in [0.1, 0.15) is 0 Å². The van der Waals surface area contributed by atoms with Crippen molar-refractivity contribution < 1.29 is 35.2 Å². The largest absolute Gasteiger partial charge is 0.534 e. The quantitative estimate of drug-likeness (QED) is 0.378. The summed E-state index contributed by atoms with van der Waals surface area (Å²) in [7, 11) is -5.93. The molecule has 0 amide bonds. The summed E-state index contributed by atoms with van der Waals surface area (Å²) in [6.45, 7) is 0. The molecule has 0 radical (unpaired) electrons. The number of alkyl halides is 3. The SMILES string of the molecule is O=S(=O)(Oc1nc2ccccc2c2c1Oc1ccccc1O2)C(F)(F)F. The van der Waals surface area contributed by atoms with Crippen LogP contribution in [0.3, 0.4) is 0 Å². The molecule has 0 saturated heterocycles. The van der Waals surface area contributed by atoms with Crippen LogP contribution in [0.15, 0.2) is 48.5 Å². The number of ether oxygens (including phenoxy) is 2. The van der Waals surface area contributed by atoms with Gasteiger partial charge in [0.25, 0.3) is 5.88 Å². The van der Waals surface area contributed by atoms with E-state index in [0.29, 0.717) is 11.1 Å². The van der Waals surface area contributed by atoms with Gasteiger partial charge in [0.15, 0.2) is 17.2 Å². The van der Waals surface area contributed by atoms with Gasteiger partial charge in [-0.25, -0.2) is 4.98 Å². The summed E-state index contributed by atoms with van der Waals surface area (Å²) in [5.41, 5.74) is -5.43. The fraction of sp³-hybridized carbons (Fsp3) is 0.0625. The van der Waals surface area contributed by atoms with Crippen LogP contribution in [-0.4, -0.2) is 18.9 Å². The Morgan fingerprint density at radius 1 is 0.885 bits per heavy atom. The zero-order valence-electron chi connectivity index (χ0n) is 12.6. The van der Waals surface area contributed by atoms with Crippen molar-refractivity contribution in [3.8, 4) is 28.9 Å². The molecule has 4 rings (SSSR count). The summed E-state index contributed by atoms with van der Waals surface area (Å²) in [4.78, 5) is 3.85. The standard InChI is InChI=1S/C16H8F3NO5S/c17-16(18,19)26(21,22)25-15-14-13(9-5-1-2-6-10(9)20-15)23-11-7-3-4-8-12(11)24-14/h1-8H. The summed E-state index contributed by atoms with van der Waals surface area (Å²) in [6, 6.07) is 12.8. The van der Waals surface area contributed by atoms with Crippen LogP contribution in [0.2, 0.25) is 0 Å². The Hall–Kier alpha value is -3.01. The van der Waals surface area contributed by atoms with Gasteiger partial charge in [-0.05, 0) is 24.3 Å². The second kappa shape index (κ2) is 5.49. The molecule has 6 nitrogen and oxygen atoms in total. The van der Waals surface area contributed by atoms with E-state index in [4.69, 9.17) is 9.47 Å². The Kier molecular flexibility index (Phi) is 3.48. The molecular formula is C16H8F3NO5S. The van der Waals surface area contributed by atoms with Gasteiger partial charge in [-0.15, -0.1) is 0 Å². The molecule has 134 valence electrons. The van der Waals surface area contributed by atoms with E-state index < -0.39 is 21.5 Å². The van der Waals surface area contributed by atoms with Gasteiger partial charge in [-0.3, -0.25) is 0 Å². The van der Waals surface area contributed by atoms with E-state index in [-0.39, 0.29) is 22.8 Å². The van der Waals surface area contributed by atoms with Crippen LogP contribution in [0, 0.1) is 0 Å². The number of para-hydroxylation sites is 3. The normalized spacial score (nSPS) is 13.3. The maximum atomic E-state index is 12.7. The molecule has 0 N–H and O–H groups in total. The minimum absolute atomic E-state index is 0.0154. The molecule has 0 fully saturated rings. The molecule has 2 aromatic carbocycles. The van der Waals surface area contributed by atoms with Crippen LogP contribution in [0.1, 0.15) is 0 Å². The number of nitrogens with zero attached hydrogens (tertiary/aromatic N) is 1. The van der Waals surface area contributed by atoms with Crippen molar-refractivity contribution >= 4 is 21.0 Å². The first kappa shape index (κ1) is 16.5. The van der Waals surface area contributed by atoms with Crippen LogP contribution in [0.25, 0.3) is 10.9 Å². The van der Waals surface area contributed by atoms with Crippen molar-refractivity contribution in [2.45, 2.75) is 5.51 Å². The van der Waals surface area contributed by atoms with E-state index in [1.54, 1.807) is 36.4 Å². The molecule has 0 bridgehead atoms. The maximum absolute atomic E-state index is 12.7. The number of aromatic nitrogens is 1. The summed E-state index contributed by atoms with van der Waals surface area (Å²) >= 11 is 0. The first-order valence-electron chi connectivity index (χ1n) is 7.14. The van der Waals surface area contributed by atoms with E-state index in [9.17, 15) is 21.6 Å². The number of benzene rings is 2. The molecule has 0 saturated carbocycles. The molecule has 0 atom stereocenters. The van der Waals surface area contributed by atoms with Crippen molar-refractivity contribution in [3.05, 3.63) is 48.5 Å². The predicted molar refractivity (Wildman–Crippen MR) is 83.9 cm³/mol. The zero-order chi connectivity index (χ0) is 18.5. The first-order chi connectivity index (χ1) is 12.3. The van der Waals surface area contributed by atoms with E-state index in [2.05, 4.69) is 9.17 Å². The lowest BCUT2D eigenvalue weighted by Crippen LogP contribution is -2.28. The van der Waals surface area contributed by atoms with Gasteiger partial charge >= 0.3 is 15.6 Å². The number of pyridine rings is 1. The Bertz CT molecular complexity index is 1130. The van der Waals surface area contributed by atoms with Gasteiger partial charge in [0.2, 0.25) is 5.75 Å². The van der Waals surface area contributed by atoms with Crippen molar-refractivity contribution in [2.75, 3.05) is 0 Å². The van der Waals surface area contributed by atoms with Crippen LogP contribution < -0.4 is 13.7 Å². The lowest BCUT2D eigenvalue weighted by atomic mass is 10.1. The predicted octanol–water partition coefficient (Wildman–Crippen LogP) is 4.36. The Morgan fingerprint density at radius 3 is 2.12 bits per heavy atom. The number of rotatable bonds is 2. The lowest BCUT2D eigenvalue weighted by Gasteiger charge is -2.23. The van der Waals surface area contributed by atoms with Crippen LogP contribution in [-0.2, 0) is 10.1 Å². The third-order valence-corrected chi connectivity index (χ3v) is 4.46. The summed E-state index contributed by atoms with van der Waals surface area (Å²) < 4.78 is 76.3. The highest BCUT2D eigenvalue weighted by molar-refractivity contribution is 7.88. The van der Waals surface area contributed by atoms with Gasteiger partial charge in [0, 0.05) is 5.39 Å². The van der Waals surface area contributed by atoms with Crippen molar-refractivity contribution in [1.82, 2.24) is 4.98 Å². The highest BCUT2D eigenvalue weighted by Crippen LogP contribution is 2.52. The molecule has 26 heavy (non-hydrogen) atoms. The topological polar surface area (TPSA) is 74.7 Å². The molecule has 0 aliphatic carbocycles. The highest BCUT2D eigenvalue weighted by atomic mass is 32.2.